The Labute approximate surface area is 158 Å². The molecule has 0 bridgehead atoms. The molecule has 0 heterocycles. The van der Waals surface area contributed by atoms with E-state index in [1.807, 2.05) is 47.6 Å². The third-order valence-corrected chi connectivity index (χ3v) is 3.50. The summed E-state index contributed by atoms with van der Waals surface area (Å²) in [5.41, 5.74) is 5.96. The summed E-state index contributed by atoms with van der Waals surface area (Å²) in [4.78, 5) is 0. The second-order valence-corrected chi connectivity index (χ2v) is 4.47. The Morgan fingerprint density at radius 3 is 1.00 bits per heavy atom. The van der Waals surface area contributed by atoms with Crippen molar-refractivity contribution in [1.82, 2.24) is 0 Å². The molecule has 0 aromatic rings. The van der Waals surface area contributed by atoms with Crippen LogP contribution in [0.5, 0.6) is 0 Å². The van der Waals surface area contributed by atoms with E-state index in [0.29, 0.717) is 0 Å². The van der Waals surface area contributed by atoms with Gasteiger partial charge < -0.3 is 0 Å². The zero-order valence-corrected chi connectivity index (χ0v) is 19.1. The molecule has 0 heteroatoms. The number of rotatable bonds is 5. The second-order valence-electron chi connectivity index (χ2n) is 4.47. The molecule has 0 N–H and O–H groups in total. The van der Waals surface area contributed by atoms with Gasteiger partial charge in [-0.2, -0.15) is 0 Å². The van der Waals surface area contributed by atoms with Crippen LogP contribution in [0.1, 0.15) is 123 Å². The molecule has 0 radical (unpaired) electrons. The maximum atomic E-state index is 3.67. The molecule has 0 nitrogen and oxygen atoms in total. The summed E-state index contributed by atoms with van der Waals surface area (Å²) in [7, 11) is 0. The molecule has 0 saturated carbocycles. The Morgan fingerprint density at radius 2 is 0.917 bits per heavy atom. The van der Waals surface area contributed by atoms with Crippen molar-refractivity contribution in [1.29, 1.82) is 0 Å². The van der Waals surface area contributed by atoms with Gasteiger partial charge in [0.1, 0.15) is 0 Å². The van der Waals surface area contributed by atoms with E-state index < -0.39 is 0 Å². The summed E-state index contributed by atoms with van der Waals surface area (Å²) >= 11 is 0. The van der Waals surface area contributed by atoms with Crippen molar-refractivity contribution in [3.8, 4) is 0 Å². The van der Waals surface area contributed by atoms with Crippen LogP contribution in [0.4, 0.5) is 0 Å². The molecular formula is C24H54. The largest absolute Gasteiger partial charge is 0.0988 e. The average Bonchev–Trinajstić information content (AvgIpc) is 2.66. The minimum atomic E-state index is 0. The Bertz CT molecular complexity index is 258. The molecule has 0 unspecified atom stereocenters. The topological polar surface area (TPSA) is 0 Å². The first kappa shape index (κ1) is 38.7. The fraction of sp³-hybridized carbons (Fsp3) is 0.750. The Balaban J connectivity index is -0.0000000498. The molecule has 0 spiro atoms. The highest BCUT2D eigenvalue weighted by Crippen LogP contribution is 2.14. The summed E-state index contributed by atoms with van der Waals surface area (Å²) in [6.45, 7) is 31.0. The van der Waals surface area contributed by atoms with Crippen molar-refractivity contribution in [2.75, 3.05) is 0 Å². The summed E-state index contributed by atoms with van der Waals surface area (Å²) in [6, 6.07) is 0. The SMILES string of the molecule is C.C=CC(C)=C(C)CC.CC.CC.CC.CCC(C)=C(CC)CC. The van der Waals surface area contributed by atoms with Gasteiger partial charge in [0.2, 0.25) is 0 Å². The number of allylic oxidation sites excluding steroid dienone is 5. The fourth-order valence-corrected chi connectivity index (χ4v) is 1.56. The van der Waals surface area contributed by atoms with Crippen LogP contribution in [-0.2, 0) is 0 Å². The van der Waals surface area contributed by atoms with Crippen LogP contribution in [0, 0.1) is 0 Å². The van der Waals surface area contributed by atoms with Crippen LogP contribution in [0.3, 0.4) is 0 Å². The highest BCUT2D eigenvalue weighted by molar-refractivity contribution is 5.19. The predicted octanol–water partition coefficient (Wildman–Crippen LogP) is 10.2. The van der Waals surface area contributed by atoms with Crippen LogP contribution in [-0.4, -0.2) is 0 Å². The van der Waals surface area contributed by atoms with Crippen LogP contribution in [0.25, 0.3) is 0 Å². The van der Waals surface area contributed by atoms with Gasteiger partial charge in [0.05, 0.1) is 0 Å². The van der Waals surface area contributed by atoms with E-state index in [9.17, 15) is 0 Å². The van der Waals surface area contributed by atoms with Gasteiger partial charge in [-0.15, -0.1) is 0 Å². The van der Waals surface area contributed by atoms with E-state index in [1.54, 1.807) is 11.1 Å². The Kier molecular flexibility index (Phi) is 61.3. The van der Waals surface area contributed by atoms with Crippen LogP contribution in [0.15, 0.2) is 34.9 Å². The van der Waals surface area contributed by atoms with Crippen LogP contribution < -0.4 is 0 Å². The van der Waals surface area contributed by atoms with Gasteiger partial charge in [-0.05, 0) is 46.5 Å². The molecule has 0 aromatic carbocycles. The van der Waals surface area contributed by atoms with Gasteiger partial charge in [-0.3, -0.25) is 0 Å². The normalized spacial score (nSPS) is 8.54. The van der Waals surface area contributed by atoms with Gasteiger partial charge in [0, 0.05) is 0 Å². The van der Waals surface area contributed by atoms with E-state index in [2.05, 4.69) is 55.0 Å². The summed E-state index contributed by atoms with van der Waals surface area (Å²) < 4.78 is 0. The Morgan fingerprint density at radius 1 is 0.625 bits per heavy atom. The molecule has 24 heavy (non-hydrogen) atoms. The molecule has 0 atom stereocenters. The van der Waals surface area contributed by atoms with Crippen molar-refractivity contribution < 1.29 is 0 Å². The van der Waals surface area contributed by atoms with E-state index >= 15 is 0 Å². The molecule has 0 fully saturated rings. The van der Waals surface area contributed by atoms with Gasteiger partial charge in [0.15, 0.2) is 0 Å². The molecule has 0 aliphatic carbocycles. The Hall–Kier alpha value is -0.780. The van der Waals surface area contributed by atoms with Crippen molar-refractivity contribution in [2.24, 2.45) is 0 Å². The van der Waals surface area contributed by atoms with Gasteiger partial charge in [-0.1, -0.05) is 112 Å². The lowest BCUT2D eigenvalue weighted by Crippen LogP contribution is -1.83. The molecule has 0 amide bonds. The van der Waals surface area contributed by atoms with E-state index in [0.717, 1.165) is 6.42 Å². The van der Waals surface area contributed by atoms with Crippen LogP contribution >= 0.6 is 0 Å². The number of hydrogen-bond donors (Lipinski definition) is 0. The molecule has 0 aliphatic heterocycles. The summed E-state index contributed by atoms with van der Waals surface area (Å²) in [5, 5.41) is 0. The first-order valence-electron chi connectivity index (χ1n) is 9.94. The maximum absolute atomic E-state index is 3.67. The zero-order chi connectivity index (χ0) is 19.8. The smallest absolute Gasteiger partial charge is 0.0346 e. The third kappa shape index (κ3) is 29.3. The van der Waals surface area contributed by atoms with Gasteiger partial charge >= 0.3 is 0 Å². The van der Waals surface area contributed by atoms with Gasteiger partial charge in [-0.25, -0.2) is 0 Å². The first-order valence-corrected chi connectivity index (χ1v) is 9.94. The monoisotopic (exact) mass is 342 g/mol. The number of hydrogen-bond acceptors (Lipinski definition) is 0. The first-order chi connectivity index (χ1) is 11.0. The van der Waals surface area contributed by atoms with Crippen molar-refractivity contribution in [2.45, 2.75) is 123 Å². The molecule has 0 rings (SSSR count). The molecule has 150 valence electrons. The quantitative estimate of drug-likeness (QED) is 0.344. The minimum Gasteiger partial charge on any atom is -0.0988 e. The summed E-state index contributed by atoms with van der Waals surface area (Å²) in [5.74, 6) is 0. The van der Waals surface area contributed by atoms with Crippen molar-refractivity contribution >= 4 is 0 Å². The van der Waals surface area contributed by atoms with Gasteiger partial charge in [0.25, 0.3) is 0 Å². The second kappa shape index (κ2) is 38.0. The third-order valence-electron chi connectivity index (χ3n) is 3.50. The summed E-state index contributed by atoms with van der Waals surface area (Å²) in [6.07, 6.45) is 6.72. The lowest BCUT2D eigenvalue weighted by Gasteiger charge is -2.04. The van der Waals surface area contributed by atoms with E-state index in [1.165, 1.54) is 30.4 Å². The lowest BCUT2D eigenvalue weighted by molar-refractivity contribution is 0.911. The van der Waals surface area contributed by atoms with Crippen molar-refractivity contribution in [3.05, 3.63) is 34.9 Å². The maximum Gasteiger partial charge on any atom is -0.0346 e. The molecule has 0 aromatic heterocycles. The highest BCUT2D eigenvalue weighted by atomic mass is 14.0. The molecular weight excluding hydrogens is 288 g/mol. The highest BCUT2D eigenvalue weighted by Gasteiger charge is 1.93. The van der Waals surface area contributed by atoms with Crippen molar-refractivity contribution in [3.63, 3.8) is 0 Å². The molecule has 0 saturated heterocycles. The fourth-order valence-electron chi connectivity index (χ4n) is 1.56. The zero-order valence-electron chi connectivity index (χ0n) is 19.1. The van der Waals surface area contributed by atoms with Crippen LogP contribution in [0.2, 0.25) is 0 Å². The average molecular weight is 343 g/mol. The lowest BCUT2D eigenvalue weighted by atomic mass is 10.0. The predicted molar refractivity (Wildman–Crippen MR) is 123 cm³/mol. The molecule has 0 aliphatic rings. The van der Waals surface area contributed by atoms with E-state index in [4.69, 9.17) is 0 Å². The standard InChI is InChI=1S/C9H18.C8H14.3C2H6.CH4/c1-5-8(4)9(6-2)7-3;1-5-7(3)8(4)6-2;3*1-2;/h5-7H2,1-4H3;5H,1,6H2,2-4H3;3*1-2H3;1H4. The minimum absolute atomic E-state index is 0. The van der Waals surface area contributed by atoms with E-state index in [-0.39, 0.29) is 7.43 Å².